The van der Waals surface area contributed by atoms with E-state index in [1.165, 1.54) is 19.0 Å². The summed E-state index contributed by atoms with van der Waals surface area (Å²) in [4.78, 5) is 18.6. The molecule has 108 valence electrons. The van der Waals surface area contributed by atoms with Crippen molar-refractivity contribution >= 4 is 17.5 Å². The predicted molar refractivity (Wildman–Crippen MR) is 78.9 cm³/mol. The van der Waals surface area contributed by atoms with Gasteiger partial charge < -0.3 is 10.2 Å². The van der Waals surface area contributed by atoms with E-state index in [4.69, 9.17) is 11.6 Å². The lowest BCUT2D eigenvalue weighted by molar-refractivity contribution is 0.0631. The highest BCUT2D eigenvalue weighted by Gasteiger charge is 2.37. The highest BCUT2D eigenvalue weighted by molar-refractivity contribution is 6.33. The lowest BCUT2D eigenvalue weighted by Gasteiger charge is -2.37. The maximum Gasteiger partial charge on any atom is 0.255 e. The van der Waals surface area contributed by atoms with Gasteiger partial charge in [0.05, 0.1) is 10.6 Å². The van der Waals surface area contributed by atoms with Crippen LogP contribution in [0.4, 0.5) is 0 Å². The summed E-state index contributed by atoms with van der Waals surface area (Å²) in [5, 5.41) is 4.05. The number of nitrogens with one attached hydrogen (secondary N) is 1. The van der Waals surface area contributed by atoms with E-state index in [0.29, 0.717) is 28.7 Å². The van der Waals surface area contributed by atoms with Crippen molar-refractivity contribution in [1.29, 1.82) is 0 Å². The molecule has 3 rings (SSSR count). The summed E-state index contributed by atoms with van der Waals surface area (Å²) in [6.07, 6.45) is 7.75. The monoisotopic (exact) mass is 293 g/mol. The fourth-order valence-electron chi connectivity index (χ4n) is 3.55. The van der Waals surface area contributed by atoms with Crippen LogP contribution in [0.5, 0.6) is 0 Å². The predicted octanol–water partition coefficient (Wildman–Crippen LogP) is 2.48. The molecule has 2 bridgehead atoms. The number of halogens is 1. The molecular formula is C15H20ClN3O. The molecule has 2 unspecified atom stereocenters. The van der Waals surface area contributed by atoms with Gasteiger partial charge in [-0.1, -0.05) is 11.6 Å². The fraction of sp³-hybridized carbons (Fsp3) is 0.600. The third-order valence-corrected chi connectivity index (χ3v) is 4.79. The van der Waals surface area contributed by atoms with E-state index in [-0.39, 0.29) is 5.91 Å². The zero-order valence-electron chi connectivity index (χ0n) is 11.7. The summed E-state index contributed by atoms with van der Waals surface area (Å²) in [7, 11) is 0. The molecule has 0 radical (unpaired) electrons. The van der Waals surface area contributed by atoms with Crippen LogP contribution >= 0.6 is 11.6 Å². The van der Waals surface area contributed by atoms with Gasteiger partial charge in [-0.15, -0.1) is 0 Å². The zero-order chi connectivity index (χ0) is 14.1. The Morgan fingerprint density at radius 1 is 1.45 bits per heavy atom. The summed E-state index contributed by atoms with van der Waals surface area (Å²) in [6, 6.07) is 3.20. The van der Waals surface area contributed by atoms with E-state index in [2.05, 4.69) is 10.3 Å². The average Bonchev–Trinajstić information content (AvgIpc) is 2.79. The van der Waals surface area contributed by atoms with Crippen molar-refractivity contribution < 1.29 is 4.79 Å². The van der Waals surface area contributed by atoms with Gasteiger partial charge in [-0.3, -0.25) is 9.78 Å². The first-order valence-electron chi connectivity index (χ1n) is 7.35. The molecule has 1 N–H and O–H groups in total. The Morgan fingerprint density at radius 3 is 2.75 bits per heavy atom. The summed E-state index contributed by atoms with van der Waals surface area (Å²) in [6.45, 7) is 2.76. The van der Waals surface area contributed by atoms with Crippen molar-refractivity contribution in [3.63, 3.8) is 0 Å². The molecule has 5 heteroatoms. The number of fused-ring (bicyclic) bond motifs is 2. The number of pyridine rings is 1. The molecule has 1 amide bonds. The van der Waals surface area contributed by atoms with Gasteiger partial charge in [0.1, 0.15) is 0 Å². The van der Waals surface area contributed by atoms with Gasteiger partial charge in [0.25, 0.3) is 5.91 Å². The maximum atomic E-state index is 12.7. The van der Waals surface area contributed by atoms with E-state index in [1.54, 1.807) is 12.3 Å². The summed E-state index contributed by atoms with van der Waals surface area (Å²) >= 11 is 6.11. The minimum absolute atomic E-state index is 0.0335. The second kappa shape index (κ2) is 5.70. The standard InChI is InChI=1S/C15H20ClN3O/c1-2-19(12-7-10-3-4-11(8-12)18-10)15(20)13-5-6-17-9-14(13)16/h5-6,9-12,18H,2-4,7-8H2,1H3. The molecule has 20 heavy (non-hydrogen) atoms. The van der Waals surface area contributed by atoms with Crippen molar-refractivity contribution in [3.05, 3.63) is 29.0 Å². The molecule has 2 fully saturated rings. The molecule has 0 spiro atoms. The lowest BCUT2D eigenvalue weighted by atomic mass is 9.97. The molecule has 1 aromatic heterocycles. The number of carbonyl (C=O) groups is 1. The Balaban J connectivity index is 1.79. The van der Waals surface area contributed by atoms with Gasteiger partial charge in [-0.05, 0) is 38.7 Å². The van der Waals surface area contributed by atoms with Crippen LogP contribution in [0.3, 0.4) is 0 Å². The van der Waals surface area contributed by atoms with Crippen molar-refractivity contribution in [2.45, 2.75) is 50.7 Å². The van der Waals surface area contributed by atoms with E-state index in [0.717, 1.165) is 19.4 Å². The van der Waals surface area contributed by atoms with E-state index < -0.39 is 0 Å². The van der Waals surface area contributed by atoms with Crippen LogP contribution in [0.1, 0.15) is 43.0 Å². The molecule has 2 atom stereocenters. The highest BCUT2D eigenvalue weighted by Crippen LogP contribution is 2.30. The Bertz CT molecular complexity index is 496. The zero-order valence-corrected chi connectivity index (χ0v) is 12.4. The van der Waals surface area contributed by atoms with Crippen LogP contribution in [0.2, 0.25) is 5.02 Å². The quantitative estimate of drug-likeness (QED) is 0.931. The molecule has 4 nitrogen and oxygen atoms in total. The molecule has 0 aliphatic carbocycles. The topological polar surface area (TPSA) is 45.2 Å². The first-order chi connectivity index (χ1) is 9.69. The average molecular weight is 294 g/mol. The minimum Gasteiger partial charge on any atom is -0.336 e. The number of rotatable bonds is 3. The molecule has 0 saturated carbocycles. The smallest absolute Gasteiger partial charge is 0.255 e. The number of aromatic nitrogens is 1. The van der Waals surface area contributed by atoms with E-state index in [1.807, 2.05) is 11.8 Å². The SMILES string of the molecule is CCN(C(=O)c1ccncc1Cl)C1CC2CCC(C1)N2. The van der Waals surface area contributed by atoms with E-state index in [9.17, 15) is 4.79 Å². The minimum atomic E-state index is 0.0335. The van der Waals surface area contributed by atoms with Gasteiger partial charge in [0.15, 0.2) is 0 Å². The third kappa shape index (κ3) is 2.54. The van der Waals surface area contributed by atoms with Crippen molar-refractivity contribution in [3.8, 4) is 0 Å². The van der Waals surface area contributed by atoms with Crippen LogP contribution in [0, 0.1) is 0 Å². The van der Waals surface area contributed by atoms with Crippen LogP contribution in [-0.4, -0.2) is 40.5 Å². The maximum absolute atomic E-state index is 12.7. The van der Waals surface area contributed by atoms with Crippen molar-refractivity contribution in [2.24, 2.45) is 0 Å². The van der Waals surface area contributed by atoms with Gasteiger partial charge >= 0.3 is 0 Å². The Hall–Kier alpha value is -1.13. The summed E-state index contributed by atoms with van der Waals surface area (Å²) in [5.74, 6) is 0.0335. The first kappa shape index (κ1) is 13.8. The highest BCUT2D eigenvalue weighted by atomic mass is 35.5. The van der Waals surface area contributed by atoms with Crippen molar-refractivity contribution in [1.82, 2.24) is 15.2 Å². The Labute approximate surface area is 124 Å². The van der Waals surface area contributed by atoms with Crippen molar-refractivity contribution in [2.75, 3.05) is 6.54 Å². The number of nitrogens with zero attached hydrogens (tertiary/aromatic N) is 2. The lowest BCUT2D eigenvalue weighted by Crippen LogP contribution is -2.50. The van der Waals surface area contributed by atoms with Crippen LogP contribution in [0.25, 0.3) is 0 Å². The molecule has 2 aliphatic rings. The number of carbonyl (C=O) groups excluding carboxylic acids is 1. The largest absolute Gasteiger partial charge is 0.336 e. The Kier molecular flexibility index (Phi) is 3.94. The van der Waals surface area contributed by atoms with E-state index >= 15 is 0 Å². The third-order valence-electron chi connectivity index (χ3n) is 4.49. The van der Waals surface area contributed by atoms with Gasteiger partial charge in [0.2, 0.25) is 0 Å². The first-order valence-corrected chi connectivity index (χ1v) is 7.73. The Morgan fingerprint density at radius 2 is 2.15 bits per heavy atom. The van der Waals surface area contributed by atoms with Gasteiger partial charge in [-0.25, -0.2) is 0 Å². The van der Waals surface area contributed by atoms with Gasteiger partial charge in [-0.2, -0.15) is 0 Å². The number of hydrogen-bond donors (Lipinski definition) is 1. The summed E-state index contributed by atoms with van der Waals surface area (Å²) < 4.78 is 0. The summed E-state index contributed by atoms with van der Waals surface area (Å²) in [5.41, 5.74) is 0.564. The second-order valence-electron chi connectivity index (χ2n) is 5.71. The van der Waals surface area contributed by atoms with Gasteiger partial charge in [0, 0.05) is 37.1 Å². The molecule has 3 heterocycles. The molecule has 1 aromatic rings. The van der Waals surface area contributed by atoms with Crippen LogP contribution in [-0.2, 0) is 0 Å². The van der Waals surface area contributed by atoms with Crippen LogP contribution < -0.4 is 5.32 Å². The fourth-order valence-corrected chi connectivity index (χ4v) is 3.75. The van der Waals surface area contributed by atoms with Crippen LogP contribution in [0.15, 0.2) is 18.5 Å². The number of amides is 1. The number of hydrogen-bond acceptors (Lipinski definition) is 3. The molecule has 2 aliphatic heterocycles. The molecule has 0 aromatic carbocycles. The second-order valence-corrected chi connectivity index (χ2v) is 6.12. The molecular weight excluding hydrogens is 274 g/mol. The molecule has 2 saturated heterocycles. The number of piperidine rings is 1. The normalized spacial score (nSPS) is 28.4.